The lowest BCUT2D eigenvalue weighted by molar-refractivity contribution is 0.102. The minimum Gasteiger partial charge on any atom is -0.379 e. The molecule has 160 valence electrons. The number of nitrogens with zero attached hydrogens (tertiary/aromatic N) is 2. The van der Waals surface area contributed by atoms with Gasteiger partial charge in [-0.25, -0.2) is 4.39 Å². The van der Waals surface area contributed by atoms with Crippen molar-refractivity contribution < 1.29 is 13.7 Å². The number of halogens is 2. The first-order valence-electron chi connectivity index (χ1n) is 9.59. The standard InChI is InChI=1S/C22H20ClFN4O2S/c1-12-17(19(28-30-12)18-15(23)7-4-8-16(18)24)20(29)26-14-6-3-5-13(11-14)22(2)9-10-31-21(25)27-22/h3-8,11H,9-10H2,1-2H3,(H2,25,27)(H,26,29). The van der Waals surface area contributed by atoms with Gasteiger partial charge in [-0.3, -0.25) is 9.79 Å². The van der Waals surface area contributed by atoms with Gasteiger partial charge in [-0.1, -0.05) is 46.7 Å². The average molecular weight is 459 g/mol. The first-order valence-corrected chi connectivity index (χ1v) is 11.0. The van der Waals surface area contributed by atoms with Crippen molar-refractivity contribution in [1.29, 1.82) is 0 Å². The van der Waals surface area contributed by atoms with Crippen LogP contribution in [-0.2, 0) is 5.54 Å². The summed E-state index contributed by atoms with van der Waals surface area (Å²) in [5.41, 5.74) is 7.18. The van der Waals surface area contributed by atoms with Gasteiger partial charge < -0.3 is 15.6 Å². The molecular formula is C22H20ClFN4O2S. The van der Waals surface area contributed by atoms with E-state index in [9.17, 15) is 9.18 Å². The van der Waals surface area contributed by atoms with Crippen LogP contribution in [0, 0.1) is 12.7 Å². The van der Waals surface area contributed by atoms with E-state index in [2.05, 4.69) is 15.5 Å². The number of rotatable bonds is 4. The van der Waals surface area contributed by atoms with Crippen molar-refractivity contribution in [3.8, 4) is 11.3 Å². The molecule has 0 spiro atoms. The largest absolute Gasteiger partial charge is 0.379 e. The monoisotopic (exact) mass is 458 g/mol. The molecule has 1 aliphatic heterocycles. The van der Waals surface area contributed by atoms with Crippen LogP contribution in [0.2, 0.25) is 5.02 Å². The van der Waals surface area contributed by atoms with Crippen molar-refractivity contribution in [3.63, 3.8) is 0 Å². The van der Waals surface area contributed by atoms with Crippen LogP contribution in [0.3, 0.4) is 0 Å². The summed E-state index contributed by atoms with van der Waals surface area (Å²) in [5, 5.41) is 7.43. The van der Waals surface area contributed by atoms with Gasteiger partial charge >= 0.3 is 0 Å². The molecule has 31 heavy (non-hydrogen) atoms. The summed E-state index contributed by atoms with van der Waals surface area (Å²) in [5.74, 6) is 0.0688. The molecule has 1 amide bonds. The molecule has 3 aromatic rings. The highest BCUT2D eigenvalue weighted by atomic mass is 35.5. The van der Waals surface area contributed by atoms with Gasteiger partial charge in [0.05, 0.1) is 16.1 Å². The summed E-state index contributed by atoms with van der Waals surface area (Å²) in [6.45, 7) is 3.61. The molecule has 1 aliphatic rings. The van der Waals surface area contributed by atoms with Gasteiger partial charge in [0.1, 0.15) is 22.8 Å². The Morgan fingerprint density at radius 1 is 1.32 bits per heavy atom. The minimum absolute atomic E-state index is 0.0250. The van der Waals surface area contributed by atoms with Crippen LogP contribution >= 0.6 is 23.4 Å². The molecule has 4 rings (SSSR count). The summed E-state index contributed by atoms with van der Waals surface area (Å²) in [6, 6.07) is 11.7. The van der Waals surface area contributed by atoms with Crippen LogP contribution in [0.4, 0.5) is 10.1 Å². The summed E-state index contributed by atoms with van der Waals surface area (Å²) < 4.78 is 19.6. The van der Waals surface area contributed by atoms with Crippen molar-refractivity contribution in [3.05, 3.63) is 70.2 Å². The molecule has 2 aromatic carbocycles. The lowest BCUT2D eigenvalue weighted by atomic mass is 9.89. The molecule has 0 saturated carbocycles. The third kappa shape index (κ3) is 4.18. The number of hydrogen-bond donors (Lipinski definition) is 2. The number of carbonyl (C=O) groups excluding carboxylic acids is 1. The zero-order chi connectivity index (χ0) is 22.2. The number of benzene rings is 2. The van der Waals surface area contributed by atoms with Crippen LogP contribution in [0.1, 0.15) is 35.0 Å². The lowest BCUT2D eigenvalue weighted by Crippen LogP contribution is -2.28. The van der Waals surface area contributed by atoms with Gasteiger partial charge in [-0.2, -0.15) is 0 Å². The van der Waals surface area contributed by atoms with Gasteiger partial charge in [0.15, 0.2) is 5.17 Å². The molecular weight excluding hydrogens is 439 g/mol. The molecule has 1 unspecified atom stereocenters. The predicted molar refractivity (Wildman–Crippen MR) is 122 cm³/mol. The highest BCUT2D eigenvalue weighted by molar-refractivity contribution is 8.13. The van der Waals surface area contributed by atoms with Crippen LogP contribution in [-0.4, -0.2) is 22.0 Å². The number of aliphatic imine (C=N–C) groups is 1. The van der Waals surface area contributed by atoms with E-state index in [-0.39, 0.29) is 27.6 Å². The van der Waals surface area contributed by atoms with Crippen molar-refractivity contribution in [2.24, 2.45) is 10.7 Å². The second-order valence-electron chi connectivity index (χ2n) is 7.42. The molecule has 9 heteroatoms. The van der Waals surface area contributed by atoms with Crippen molar-refractivity contribution in [1.82, 2.24) is 5.16 Å². The maximum Gasteiger partial charge on any atom is 0.261 e. The number of carbonyl (C=O) groups is 1. The Kier molecular flexibility index (Phi) is 5.77. The Hall–Kier alpha value is -2.84. The number of nitrogens with two attached hydrogens (primary N) is 1. The lowest BCUT2D eigenvalue weighted by Gasteiger charge is -2.30. The zero-order valence-electron chi connectivity index (χ0n) is 16.9. The number of anilines is 1. The summed E-state index contributed by atoms with van der Waals surface area (Å²) in [4.78, 5) is 17.7. The topological polar surface area (TPSA) is 93.5 Å². The Bertz CT molecular complexity index is 1180. The smallest absolute Gasteiger partial charge is 0.261 e. The maximum atomic E-state index is 14.4. The van der Waals surface area contributed by atoms with Crippen LogP contribution in [0.25, 0.3) is 11.3 Å². The number of thioether (sulfide) groups is 1. The zero-order valence-corrected chi connectivity index (χ0v) is 18.5. The fourth-order valence-electron chi connectivity index (χ4n) is 3.55. The Balaban J connectivity index is 1.67. The van der Waals surface area contributed by atoms with Gasteiger partial charge in [0, 0.05) is 11.4 Å². The molecule has 0 saturated heterocycles. The average Bonchev–Trinajstić information content (AvgIpc) is 3.09. The van der Waals surface area contributed by atoms with Crippen LogP contribution in [0.5, 0.6) is 0 Å². The molecule has 0 fully saturated rings. The van der Waals surface area contributed by atoms with E-state index < -0.39 is 17.3 Å². The molecule has 1 aromatic heterocycles. The highest BCUT2D eigenvalue weighted by Crippen LogP contribution is 2.37. The van der Waals surface area contributed by atoms with Crippen molar-refractivity contribution >= 4 is 40.1 Å². The SMILES string of the molecule is Cc1onc(-c2c(F)cccc2Cl)c1C(=O)Nc1cccc(C2(C)CCSC(N)=N2)c1. The fourth-order valence-corrected chi connectivity index (χ4v) is 4.78. The number of nitrogens with one attached hydrogen (secondary N) is 1. The molecule has 1 atom stereocenters. The third-order valence-electron chi connectivity index (χ3n) is 5.23. The van der Waals surface area contributed by atoms with E-state index in [1.165, 1.54) is 30.0 Å². The molecule has 6 nitrogen and oxygen atoms in total. The number of aromatic nitrogens is 1. The predicted octanol–water partition coefficient (Wildman–Crippen LogP) is 5.36. The van der Waals surface area contributed by atoms with Crippen LogP contribution < -0.4 is 11.1 Å². The van der Waals surface area contributed by atoms with Gasteiger partial charge in [0.25, 0.3) is 5.91 Å². The molecule has 0 bridgehead atoms. The van der Waals surface area contributed by atoms with E-state index in [0.717, 1.165) is 17.7 Å². The van der Waals surface area contributed by atoms with E-state index in [4.69, 9.17) is 21.9 Å². The maximum absolute atomic E-state index is 14.4. The Morgan fingerprint density at radius 2 is 2.10 bits per heavy atom. The molecule has 0 radical (unpaired) electrons. The third-order valence-corrected chi connectivity index (χ3v) is 6.34. The minimum atomic E-state index is -0.588. The van der Waals surface area contributed by atoms with E-state index in [1.807, 2.05) is 25.1 Å². The second-order valence-corrected chi connectivity index (χ2v) is 8.94. The first kappa shape index (κ1) is 21.4. The first-order chi connectivity index (χ1) is 14.8. The van der Waals surface area contributed by atoms with Crippen molar-refractivity contribution in [2.45, 2.75) is 25.8 Å². The van der Waals surface area contributed by atoms with E-state index >= 15 is 0 Å². The van der Waals surface area contributed by atoms with E-state index in [0.29, 0.717) is 10.9 Å². The van der Waals surface area contributed by atoms with Crippen molar-refractivity contribution in [2.75, 3.05) is 11.1 Å². The number of hydrogen-bond acceptors (Lipinski definition) is 6. The normalized spacial score (nSPS) is 18.5. The van der Waals surface area contributed by atoms with Gasteiger partial charge in [-0.05, 0) is 50.1 Å². The van der Waals surface area contributed by atoms with Crippen LogP contribution in [0.15, 0.2) is 52.0 Å². The summed E-state index contributed by atoms with van der Waals surface area (Å²) >= 11 is 7.70. The Labute approximate surface area is 188 Å². The fraction of sp³-hybridized carbons (Fsp3) is 0.227. The molecule has 2 heterocycles. The summed E-state index contributed by atoms with van der Waals surface area (Å²) in [6.07, 6.45) is 0.830. The molecule has 3 N–H and O–H groups in total. The highest BCUT2D eigenvalue weighted by Gasteiger charge is 2.30. The second kappa shape index (κ2) is 8.36. The number of aryl methyl sites for hydroxylation is 1. The summed E-state index contributed by atoms with van der Waals surface area (Å²) in [7, 11) is 0. The quantitative estimate of drug-likeness (QED) is 0.548. The molecule has 0 aliphatic carbocycles. The number of amidine groups is 1. The van der Waals surface area contributed by atoms with Gasteiger partial charge in [0.2, 0.25) is 0 Å². The van der Waals surface area contributed by atoms with Gasteiger partial charge in [-0.15, -0.1) is 0 Å². The van der Waals surface area contributed by atoms with E-state index in [1.54, 1.807) is 13.0 Å². The Morgan fingerprint density at radius 3 is 2.84 bits per heavy atom. The number of amides is 1.